The first-order chi connectivity index (χ1) is 12.3. The number of ether oxygens (including phenoxy) is 1. The van der Waals surface area contributed by atoms with Gasteiger partial charge in [0.2, 0.25) is 0 Å². The molecule has 3 rings (SSSR count). The smallest absolute Gasteiger partial charge is 0.258 e. The number of carbonyl (C=O) groups is 1. The fourth-order valence-electron chi connectivity index (χ4n) is 2.75. The third-order valence-electron chi connectivity index (χ3n) is 4.34. The van der Waals surface area contributed by atoms with E-state index < -0.39 is 11.7 Å². The second-order valence-electron chi connectivity index (χ2n) is 7.44. The maximum Gasteiger partial charge on any atom is 0.258 e. The Hall–Kier alpha value is -2.60. The molecule has 0 aliphatic carbocycles. The first-order valence-corrected chi connectivity index (χ1v) is 8.53. The standard InChI is InChI=1S/C20H23FN2O3/c1-20(2,3)12-4-6-15(16(21)8-12)19(25)23-13-5-7-17-18(9-13)26-11-14(10-24)22-17/h4-9,14,22,24H,10-11H2,1-3H3,(H,23,25). The Morgan fingerprint density at radius 2 is 2.08 bits per heavy atom. The van der Waals surface area contributed by atoms with E-state index in [4.69, 9.17) is 4.74 Å². The molecule has 0 aromatic heterocycles. The van der Waals surface area contributed by atoms with Crippen LogP contribution in [0.15, 0.2) is 36.4 Å². The first kappa shape index (κ1) is 18.2. The molecule has 26 heavy (non-hydrogen) atoms. The number of nitrogens with one attached hydrogen (secondary N) is 2. The molecule has 1 atom stereocenters. The van der Waals surface area contributed by atoms with Crippen molar-refractivity contribution in [2.75, 3.05) is 23.8 Å². The van der Waals surface area contributed by atoms with Crippen molar-refractivity contribution >= 4 is 17.3 Å². The Balaban J connectivity index is 1.77. The van der Waals surface area contributed by atoms with Gasteiger partial charge in [0.1, 0.15) is 18.2 Å². The summed E-state index contributed by atoms with van der Waals surface area (Å²) in [4.78, 5) is 12.4. The van der Waals surface area contributed by atoms with E-state index in [9.17, 15) is 14.3 Å². The largest absolute Gasteiger partial charge is 0.489 e. The molecule has 2 aromatic rings. The SMILES string of the molecule is CC(C)(C)c1ccc(C(=O)Nc2ccc3c(c2)OCC(CO)N3)c(F)c1. The number of carbonyl (C=O) groups excluding carboxylic acids is 1. The van der Waals surface area contributed by atoms with E-state index in [0.29, 0.717) is 18.0 Å². The summed E-state index contributed by atoms with van der Waals surface area (Å²) in [5.74, 6) is -0.479. The van der Waals surface area contributed by atoms with Gasteiger partial charge in [0.15, 0.2) is 0 Å². The molecule has 0 bridgehead atoms. The molecule has 0 saturated heterocycles. The van der Waals surface area contributed by atoms with Crippen molar-refractivity contribution in [2.45, 2.75) is 32.2 Å². The molecule has 1 heterocycles. The van der Waals surface area contributed by atoms with Crippen molar-refractivity contribution in [1.82, 2.24) is 0 Å². The van der Waals surface area contributed by atoms with E-state index in [0.717, 1.165) is 11.3 Å². The predicted octanol–water partition coefficient (Wildman–Crippen LogP) is 3.54. The molecule has 0 radical (unpaired) electrons. The molecule has 0 spiro atoms. The summed E-state index contributed by atoms with van der Waals surface area (Å²) >= 11 is 0. The van der Waals surface area contributed by atoms with E-state index in [1.54, 1.807) is 24.3 Å². The summed E-state index contributed by atoms with van der Waals surface area (Å²) in [6.07, 6.45) is 0. The highest BCUT2D eigenvalue weighted by atomic mass is 19.1. The fourth-order valence-corrected chi connectivity index (χ4v) is 2.75. The van der Waals surface area contributed by atoms with Crippen LogP contribution in [0.1, 0.15) is 36.7 Å². The number of benzene rings is 2. The lowest BCUT2D eigenvalue weighted by atomic mass is 9.86. The Bertz CT molecular complexity index is 830. The number of aliphatic hydroxyl groups is 1. The minimum atomic E-state index is -0.545. The molecule has 0 fully saturated rings. The lowest BCUT2D eigenvalue weighted by Gasteiger charge is -2.26. The predicted molar refractivity (Wildman–Crippen MR) is 99.5 cm³/mol. The zero-order valence-corrected chi connectivity index (χ0v) is 15.1. The van der Waals surface area contributed by atoms with E-state index >= 15 is 0 Å². The lowest BCUT2D eigenvalue weighted by molar-refractivity contribution is 0.102. The number of rotatable bonds is 3. The van der Waals surface area contributed by atoms with Gasteiger partial charge in [-0.05, 0) is 35.2 Å². The number of anilines is 2. The minimum Gasteiger partial charge on any atom is -0.489 e. The average Bonchev–Trinajstić information content (AvgIpc) is 2.60. The number of hydrogen-bond acceptors (Lipinski definition) is 4. The maximum atomic E-state index is 14.4. The monoisotopic (exact) mass is 358 g/mol. The molecule has 1 unspecified atom stereocenters. The van der Waals surface area contributed by atoms with Crippen molar-refractivity contribution in [2.24, 2.45) is 0 Å². The summed E-state index contributed by atoms with van der Waals surface area (Å²) < 4.78 is 20.0. The summed E-state index contributed by atoms with van der Waals surface area (Å²) in [6, 6.07) is 9.66. The van der Waals surface area contributed by atoms with Gasteiger partial charge < -0.3 is 20.5 Å². The van der Waals surface area contributed by atoms with Crippen LogP contribution in [0.4, 0.5) is 15.8 Å². The second kappa shape index (κ2) is 6.96. The quantitative estimate of drug-likeness (QED) is 0.785. The summed E-state index contributed by atoms with van der Waals surface area (Å²) in [6.45, 7) is 6.28. The number of halogens is 1. The van der Waals surface area contributed by atoms with Crippen molar-refractivity contribution in [3.8, 4) is 5.75 Å². The van der Waals surface area contributed by atoms with Crippen LogP contribution < -0.4 is 15.4 Å². The third kappa shape index (κ3) is 3.80. The molecule has 2 aromatic carbocycles. The van der Waals surface area contributed by atoms with Crippen LogP contribution in [0.5, 0.6) is 5.75 Å². The zero-order valence-electron chi connectivity index (χ0n) is 15.1. The van der Waals surface area contributed by atoms with Crippen LogP contribution in [0.3, 0.4) is 0 Å². The molecular formula is C20H23FN2O3. The average molecular weight is 358 g/mol. The third-order valence-corrected chi connectivity index (χ3v) is 4.34. The summed E-state index contributed by atoms with van der Waals surface area (Å²) in [5.41, 5.74) is 1.89. The van der Waals surface area contributed by atoms with Gasteiger partial charge >= 0.3 is 0 Å². The van der Waals surface area contributed by atoms with Crippen molar-refractivity contribution in [3.63, 3.8) is 0 Å². The minimum absolute atomic E-state index is 0.00453. The normalized spacial score (nSPS) is 16.3. The van der Waals surface area contributed by atoms with Crippen LogP contribution in [0.25, 0.3) is 0 Å². The molecule has 1 aliphatic rings. The van der Waals surface area contributed by atoms with Crippen LogP contribution >= 0.6 is 0 Å². The van der Waals surface area contributed by atoms with Gasteiger partial charge in [-0.15, -0.1) is 0 Å². The Labute approximate surface area is 152 Å². The maximum absolute atomic E-state index is 14.4. The first-order valence-electron chi connectivity index (χ1n) is 8.53. The number of fused-ring (bicyclic) bond motifs is 1. The van der Waals surface area contributed by atoms with Crippen LogP contribution in [0, 0.1) is 5.82 Å². The Morgan fingerprint density at radius 3 is 2.73 bits per heavy atom. The summed E-state index contributed by atoms with van der Waals surface area (Å²) in [7, 11) is 0. The molecule has 3 N–H and O–H groups in total. The molecule has 5 nitrogen and oxygen atoms in total. The van der Waals surface area contributed by atoms with Crippen molar-refractivity contribution < 1.29 is 19.0 Å². The van der Waals surface area contributed by atoms with Crippen LogP contribution in [0.2, 0.25) is 0 Å². The molecule has 6 heteroatoms. The van der Waals surface area contributed by atoms with E-state index in [1.807, 2.05) is 20.8 Å². The Kier molecular flexibility index (Phi) is 4.87. The molecule has 1 aliphatic heterocycles. The number of hydrogen-bond donors (Lipinski definition) is 3. The van der Waals surface area contributed by atoms with Gasteiger partial charge in [-0.2, -0.15) is 0 Å². The highest BCUT2D eigenvalue weighted by molar-refractivity contribution is 6.04. The zero-order chi connectivity index (χ0) is 18.9. The fraction of sp³-hybridized carbons (Fsp3) is 0.350. The Morgan fingerprint density at radius 1 is 1.31 bits per heavy atom. The van der Waals surface area contributed by atoms with Gasteiger partial charge in [0, 0.05) is 11.8 Å². The molecule has 0 saturated carbocycles. The topological polar surface area (TPSA) is 70.6 Å². The van der Waals surface area contributed by atoms with Crippen LogP contribution in [-0.2, 0) is 5.41 Å². The van der Waals surface area contributed by atoms with Gasteiger partial charge in [0.05, 0.1) is 23.9 Å². The van der Waals surface area contributed by atoms with Crippen molar-refractivity contribution in [1.29, 1.82) is 0 Å². The van der Waals surface area contributed by atoms with Gasteiger partial charge in [0.25, 0.3) is 5.91 Å². The highest BCUT2D eigenvalue weighted by Crippen LogP contribution is 2.32. The lowest BCUT2D eigenvalue weighted by Crippen LogP contribution is -2.34. The van der Waals surface area contributed by atoms with E-state index in [-0.39, 0.29) is 23.6 Å². The molecule has 138 valence electrons. The number of amides is 1. The second-order valence-corrected chi connectivity index (χ2v) is 7.44. The van der Waals surface area contributed by atoms with Crippen molar-refractivity contribution in [3.05, 3.63) is 53.3 Å². The van der Waals surface area contributed by atoms with Crippen LogP contribution in [-0.4, -0.2) is 30.3 Å². The van der Waals surface area contributed by atoms with E-state index in [2.05, 4.69) is 10.6 Å². The molecular weight excluding hydrogens is 335 g/mol. The van der Waals surface area contributed by atoms with Gasteiger partial charge in [-0.3, -0.25) is 4.79 Å². The van der Waals surface area contributed by atoms with Gasteiger partial charge in [-0.25, -0.2) is 4.39 Å². The van der Waals surface area contributed by atoms with Gasteiger partial charge in [-0.1, -0.05) is 26.8 Å². The number of aliphatic hydroxyl groups excluding tert-OH is 1. The highest BCUT2D eigenvalue weighted by Gasteiger charge is 2.20. The summed E-state index contributed by atoms with van der Waals surface area (Å²) in [5, 5.41) is 15.0. The van der Waals surface area contributed by atoms with E-state index in [1.165, 1.54) is 12.1 Å². The molecule has 1 amide bonds.